The Balaban J connectivity index is 1.88. The van der Waals surface area contributed by atoms with Crippen LogP contribution in [0, 0.1) is 6.92 Å². The number of hydrogen-bond acceptors (Lipinski definition) is 4. The molecule has 0 aliphatic carbocycles. The third-order valence-electron chi connectivity index (χ3n) is 3.22. The lowest BCUT2D eigenvalue weighted by Crippen LogP contribution is -2.28. The molecule has 1 aliphatic rings. The summed E-state index contributed by atoms with van der Waals surface area (Å²) in [5.41, 5.74) is 4.26. The SMILES string of the molecule is Cc1ccsc1C(CCC1CCCO1)NN. The molecule has 16 heavy (non-hydrogen) atoms. The molecule has 3 N–H and O–H groups in total. The zero-order valence-electron chi connectivity index (χ0n) is 9.74. The molecule has 2 heterocycles. The Bertz CT molecular complexity index is 321. The molecule has 0 amide bonds. The number of rotatable bonds is 5. The molecule has 2 unspecified atom stereocenters. The average molecular weight is 240 g/mol. The van der Waals surface area contributed by atoms with Gasteiger partial charge in [0.25, 0.3) is 0 Å². The van der Waals surface area contributed by atoms with Crippen LogP contribution >= 0.6 is 11.3 Å². The van der Waals surface area contributed by atoms with E-state index in [1.807, 2.05) is 0 Å². The predicted molar refractivity (Wildman–Crippen MR) is 67.3 cm³/mol. The minimum Gasteiger partial charge on any atom is -0.378 e. The van der Waals surface area contributed by atoms with Gasteiger partial charge in [-0.25, -0.2) is 0 Å². The Morgan fingerprint density at radius 3 is 3.12 bits per heavy atom. The molecule has 1 aromatic heterocycles. The fraction of sp³-hybridized carbons (Fsp3) is 0.667. The van der Waals surface area contributed by atoms with Gasteiger partial charge in [0.2, 0.25) is 0 Å². The smallest absolute Gasteiger partial charge is 0.0576 e. The Morgan fingerprint density at radius 1 is 1.69 bits per heavy atom. The summed E-state index contributed by atoms with van der Waals surface area (Å²) in [5, 5.41) is 2.13. The van der Waals surface area contributed by atoms with Crippen LogP contribution in [0.3, 0.4) is 0 Å². The second kappa shape index (κ2) is 5.77. The molecule has 1 aliphatic heterocycles. The predicted octanol–water partition coefficient (Wildman–Crippen LogP) is 2.52. The fourth-order valence-corrected chi connectivity index (χ4v) is 3.28. The van der Waals surface area contributed by atoms with E-state index in [4.69, 9.17) is 10.6 Å². The number of nitrogens with two attached hydrogens (primary N) is 1. The van der Waals surface area contributed by atoms with Crippen LogP contribution in [-0.2, 0) is 4.74 Å². The molecule has 2 rings (SSSR count). The first-order chi connectivity index (χ1) is 7.81. The Kier molecular flexibility index (Phi) is 4.35. The quantitative estimate of drug-likeness (QED) is 0.614. The molecule has 0 saturated carbocycles. The van der Waals surface area contributed by atoms with E-state index in [1.54, 1.807) is 11.3 Å². The largest absolute Gasteiger partial charge is 0.378 e. The van der Waals surface area contributed by atoms with Gasteiger partial charge in [-0.2, -0.15) is 0 Å². The van der Waals surface area contributed by atoms with Crippen molar-refractivity contribution in [1.82, 2.24) is 5.43 Å². The summed E-state index contributed by atoms with van der Waals surface area (Å²) in [5.74, 6) is 5.63. The second-order valence-corrected chi connectivity index (χ2v) is 5.35. The summed E-state index contributed by atoms with van der Waals surface area (Å²) in [4.78, 5) is 1.36. The maximum Gasteiger partial charge on any atom is 0.0576 e. The van der Waals surface area contributed by atoms with Crippen molar-refractivity contribution in [3.05, 3.63) is 21.9 Å². The lowest BCUT2D eigenvalue weighted by Gasteiger charge is -2.17. The zero-order valence-corrected chi connectivity index (χ0v) is 10.6. The van der Waals surface area contributed by atoms with E-state index in [1.165, 1.54) is 23.3 Å². The summed E-state index contributed by atoms with van der Waals surface area (Å²) in [6.45, 7) is 3.08. The van der Waals surface area contributed by atoms with E-state index in [2.05, 4.69) is 23.8 Å². The lowest BCUT2D eigenvalue weighted by molar-refractivity contribution is 0.0997. The number of nitrogens with one attached hydrogen (secondary N) is 1. The molecule has 4 heteroatoms. The molecule has 0 aromatic carbocycles. The fourth-order valence-electron chi connectivity index (χ4n) is 2.26. The lowest BCUT2D eigenvalue weighted by atomic mass is 10.0. The Hall–Kier alpha value is -0.420. The molecule has 2 atom stereocenters. The summed E-state index contributed by atoms with van der Waals surface area (Å²) in [6.07, 6.45) is 5.04. The van der Waals surface area contributed by atoms with Crippen LogP contribution in [0.15, 0.2) is 11.4 Å². The molecule has 1 fully saturated rings. The van der Waals surface area contributed by atoms with Gasteiger partial charge >= 0.3 is 0 Å². The van der Waals surface area contributed by atoms with Crippen molar-refractivity contribution in [3.63, 3.8) is 0 Å². The van der Waals surface area contributed by atoms with Gasteiger partial charge in [-0.05, 0) is 49.6 Å². The highest BCUT2D eigenvalue weighted by Gasteiger charge is 2.19. The van der Waals surface area contributed by atoms with Crippen LogP contribution in [0.2, 0.25) is 0 Å². The normalized spacial score (nSPS) is 22.5. The van der Waals surface area contributed by atoms with Gasteiger partial charge < -0.3 is 4.74 Å². The van der Waals surface area contributed by atoms with Crippen molar-refractivity contribution in [1.29, 1.82) is 0 Å². The summed E-state index contributed by atoms with van der Waals surface area (Å²) < 4.78 is 5.63. The van der Waals surface area contributed by atoms with Crippen molar-refractivity contribution >= 4 is 11.3 Å². The molecular formula is C12H20N2OS. The average Bonchev–Trinajstić information content (AvgIpc) is 2.92. The minimum absolute atomic E-state index is 0.282. The Morgan fingerprint density at radius 2 is 2.56 bits per heavy atom. The number of hydrazine groups is 1. The zero-order chi connectivity index (χ0) is 11.4. The highest BCUT2D eigenvalue weighted by molar-refractivity contribution is 7.10. The van der Waals surface area contributed by atoms with Gasteiger partial charge in [-0.1, -0.05) is 0 Å². The third kappa shape index (κ3) is 2.83. The van der Waals surface area contributed by atoms with Crippen LogP contribution in [0.4, 0.5) is 0 Å². The molecule has 90 valence electrons. The van der Waals surface area contributed by atoms with Crippen LogP contribution < -0.4 is 11.3 Å². The molecule has 0 spiro atoms. The van der Waals surface area contributed by atoms with E-state index in [0.717, 1.165) is 19.4 Å². The van der Waals surface area contributed by atoms with E-state index in [9.17, 15) is 0 Å². The molecule has 0 radical (unpaired) electrons. The number of thiophene rings is 1. The van der Waals surface area contributed by atoms with Gasteiger partial charge in [-0.3, -0.25) is 11.3 Å². The Labute approximate surface area is 101 Å². The van der Waals surface area contributed by atoms with E-state index in [-0.39, 0.29) is 6.04 Å². The van der Waals surface area contributed by atoms with E-state index in [0.29, 0.717) is 6.10 Å². The standard InChI is InChI=1S/C12H20N2OS/c1-9-6-8-16-12(9)11(14-13)5-4-10-3-2-7-15-10/h6,8,10-11,14H,2-5,7,13H2,1H3. The summed E-state index contributed by atoms with van der Waals surface area (Å²) >= 11 is 1.78. The maximum absolute atomic E-state index is 5.63. The van der Waals surface area contributed by atoms with Gasteiger partial charge in [0, 0.05) is 11.5 Å². The first-order valence-electron chi connectivity index (χ1n) is 5.93. The van der Waals surface area contributed by atoms with Crippen molar-refractivity contribution in [2.24, 2.45) is 5.84 Å². The van der Waals surface area contributed by atoms with Crippen molar-refractivity contribution in [3.8, 4) is 0 Å². The van der Waals surface area contributed by atoms with Crippen LogP contribution in [-0.4, -0.2) is 12.7 Å². The van der Waals surface area contributed by atoms with Crippen molar-refractivity contribution in [2.75, 3.05) is 6.61 Å². The van der Waals surface area contributed by atoms with E-state index >= 15 is 0 Å². The summed E-state index contributed by atoms with van der Waals surface area (Å²) in [7, 11) is 0. The van der Waals surface area contributed by atoms with Gasteiger partial charge in [-0.15, -0.1) is 11.3 Å². The first-order valence-corrected chi connectivity index (χ1v) is 6.81. The van der Waals surface area contributed by atoms with Crippen molar-refractivity contribution < 1.29 is 4.74 Å². The van der Waals surface area contributed by atoms with Gasteiger partial charge in [0.1, 0.15) is 0 Å². The second-order valence-electron chi connectivity index (χ2n) is 4.40. The highest BCUT2D eigenvalue weighted by Crippen LogP contribution is 2.28. The van der Waals surface area contributed by atoms with Gasteiger partial charge in [0.15, 0.2) is 0 Å². The molecule has 1 aromatic rings. The van der Waals surface area contributed by atoms with E-state index < -0.39 is 0 Å². The number of hydrogen-bond donors (Lipinski definition) is 2. The summed E-state index contributed by atoms with van der Waals surface area (Å²) in [6, 6.07) is 2.43. The monoisotopic (exact) mass is 240 g/mol. The van der Waals surface area contributed by atoms with Crippen LogP contribution in [0.25, 0.3) is 0 Å². The number of aryl methyl sites for hydroxylation is 1. The molecular weight excluding hydrogens is 220 g/mol. The highest BCUT2D eigenvalue weighted by atomic mass is 32.1. The molecule has 0 bridgehead atoms. The third-order valence-corrected chi connectivity index (χ3v) is 4.35. The topological polar surface area (TPSA) is 47.3 Å². The first kappa shape index (κ1) is 12.0. The minimum atomic E-state index is 0.282. The number of ether oxygens (including phenoxy) is 1. The van der Waals surface area contributed by atoms with Crippen LogP contribution in [0.1, 0.15) is 42.2 Å². The molecule has 3 nitrogen and oxygen atoms in total. The molecule has 1 saturated heterocycles. The van der Waals surface area contributed by atoms with Crippen molar-refractivity contribution in [2.45, 2.75) is 44.8 Å². The van der Waals surface area contributed by atoms with Gasteiger partial charge in [0.05, 0.1) is 12.1 Å². The van der Waals surface area contributed by atoms with Crippen LogP contribution in [0.5, 0.6) is 0 Å². The maximum atomic E-state index is 5.63.